The third-order valence-corrected chi connectivity index (χ3v) is 1.91. The monoisotopic (exact) mass is 227 g/mol. The number of hydrogen-bond donors (Lipinski definition) is 0. The maximum atomic E-state index is 12.7. The predicted molar refractivity (Wildman–Crippen MR) is 48.9 cm³/mol. The smallest absolute Gasteiger partial charge is 0.138 e. The summed E-state index contributed by atoms with van der Waals surface area (Å²) in [5, 5.41) is 13.9. The minimum atomic E-state index is -0.416. The van der Waals surface area contributed by atoms with E-state index < -0.39 is 5.82 Å². The zero-order chi connectivity index (χ0) is 10.7. The molecule has 0 radical (unpaired) electrons. The summed E-state index contributed by atoms with van der Waals surface area (Å²) in [6.07, 6.45) is 0. The summed E-state index contributed by atoms with van der Waals surface area (Å²) in [7, 11) is 0. The molecule has 0 amide bonds. The fourth-order valence-electron chi connectivity index (χ4n) is 0.956. The molecule has 78 valence electrons. The molecule has 2 aromatic rings. The van der Waals surface area contributed by atoms with Gasteiger partial charge in [0.05, 0.1) is 5.02 Å². The Morgan fingerprint density at radius 2 is 2.33 bits per heavy atom. The summed E-state index contributed by atoms with van der Waals surface area (Å²) >= 11 is 5.73. The topological polar surface area (TPSA) is 62.0 Å². The van der Waals surface area contributed by atoms with Crippen molar-refractivity contribution in [2.24, 2.45) is 0 Å². The molecule has 0 spiro atoms. The van der Waals surface area contributed by atoms with Crippen LogP contribution in [0.15, 0.2) is 18.2 Å². The van der Waals surface area contributed by atoms with Crippen LogP contribution in [-0.4, -0.2) is 15.5 Å². The Morgan fingerprint density at radius 3 is 3.00 bits per heavy atom. The number of benzene rings is 1. The fraction of sp³-hybridized carbons (Fsp3) is 0.125. The molecule has 5 nitrogen and oxygen atoms in total. The van der Waals surface area contributed by atoms with Crippen molar-refractivity contribution in [3.63, 3.8) is 0 Å². The normalized spacial score (nSPS) is 10.3. The van der Waals surface area contributed by atoms with E-state index in [1.165, 1.54) is 18.2 Å². The van der Waals surface area contributed by atoms with E-state index >= 15 is 0 Å². The Labute approximate surface area is 89.2 Å². The van der Waals surface area contributed by atoms with Gasteiger partial charge in [-0.2, -0.15) is 5.21 Å². The average Bonchev–Trinajstić information content (AvgIpc) is 2.69. The van der Waals surface area contributed by atoms with E-state index in [0.717, 1.165) is 0 Å². The van der Waals surface area contributed by atoms with E-state index in [-0.39, 0.29) is 11.6 Å². The summed E-state index contributed by atoms with van der Waals surface area (Å²) in [5.41, 5.74) is 0. The van der Waals surface area contributed by atoms with Crippen LogP contribution in [0, 0.1) is 5.82 Å². The first kappa shape index (κ1) is 9.85. The molecular weight excluding hydrogens is 223 g/mol. The lowest BCUT2D eigenvalue weighted by Gasteiger charge is -2.07. The van der Waals surface area contributed by atoms with Crippen molar-refractivity contribution < 1.29 is 9.13 Å². The Bertz CT molecular complexity index is 448. The second-order valence-electron chi connectivity index (χ2n) is 2.66. The number of ether oxygens (including phenoxy) is 1. The molecule has 1 heterocycles. The fourth-order valence-corrected chi connectivity index (χ4v) is 1.18. The minimum absolute atomic E-state index is 0.0956. The van der Waals surface area contributed by atoms with E-state index in [2.05, 4.69) is 20.6 Å². The first-order valence-corrected chi connectivity index (χ1v) is 4.39. The zero-order valence-corrected chi connectivity index (χ0v) is 8.15. The second kappa shape index (κ2) is 4.22. The summed E-state index contributed by atoms with van der Waals surface area (Å²) < 4.78 is 17.9. The molecule has 0 saturated carbocycles. The van der Waals surface area contributed by atoms with Gasteiger partial charge in [-0.1, -0.05) is 11.6 Å². The van der Waals surface area contributed by atoms with Crippen LogP contribution in [0.3, 0.4) is 0 Å². The molecule has 0 aliphatic rings. The van der Waals surface area contributed by atoms with Crippen molar-refractivity contribution in [3.05, 3.63) is 34.9 Å². The van der Waals surface area contributed by atoms with E-state index in [0.29, 0.717) is 11.6 Å². The minimum Gasteiger partial charge on any atom is -0.487 e. The Kier molecular flexibility index (Phi) is 2.77. The molecule has 0 bridgehead atoms. The highest BCUT2D eigenvalue weighted by molar-refractivity contribution is 6.32. The molecule has 0 unspecified atom stereocenters. The Hall–Kier alpha value is -1.69. The van der Waals surface area contributed by atoms with Crippen molar-refractivity contribution in [2.45, 2.75) is 6.61 Å². The number of halogens is 2. The van der Waals surface area contributed by atoms with Crippen molar-refractivity contribution in [3.8, 4) is 5.75 Å². The van der Waals surface area contributed by atoms with Crippen LogP contribution >= 0.6 is 11.6 Å². The summed E-state index contributed by atoms with van der Waals surface area (Å²) in [6.45, 7) is 0.0956. The molecule has 1 aromatic carbocycles. The van der Waals surface area contributed by atoms with Gasteiger partial charge in [0.25, 0.3) is 0 Å². The molecule has 0 aliphatic heterocycles. The molecule has 0 atom stereocenters. The van der Waals surface area contributed by atoms with Crippen molar-refractivity contribution >= 4 is 11.6 Å². The van der Waals surface area contributed by atoms with E-state index in [1.54, 1.807) is 0 Å². The van der Waals surface area contributed by atoms with Crippen LogP contribution < -0.4 is 9.84 Å². The average molecular weight is 228 g/mol. The highest BCUT2D eigenvalue weighted by atomic mass is 35.5. The van der Waals surface area contributed by atoms with Crippen LogP contribution in [0.5, 0.6) is 5.75 Å². The maximum absolute atomic E-state index is 12.7. The first-order valence-electron chi connectivity index (χ1n) is 4.01. The van der Waals surface area contributed by atoms with Crippen molar-refractivity contribution in [2.75, 3.05) is 0 Å². The third kappa shape index (κ3) is 2.41. The predicted octanol–water partition coefficient (Wildman–Crippen LogP) is 1.20. The number of nitrogens with zero attached hydrogens (tertiary/aromatic N) is 4. The van der Waals surface area contributed by atoms with Crippen molar-refractivity contribution in [1.29, 1.82) is 0 Å². The van der Waals surface area contributed by atoms with Gasteiger partial charge in [-0.3, -0.25) is 10.3 Å². The van der Waals surface area contributed by atoms with Gasteiger partial charge in [0.15, 0.2) is 0 Å². The van der Waals surface area contributed by atoms with Gasteiger partial charge < -0.3 is 9.84 Å². The molecule has 0 aliphatic carbocycles. The maximum Gasteiger partial charge on any atom is 0.138 e. The van der Waals surface area contributed by atoms with Crippen LogP contribution in [0.2, 0.25) is 5.02 Å². The number of rotatable bonds is 3. The van der Waals surface area contributed by atoms with Crippen LogP contribution in [0.1, 0.15) is 5.82 Å². The van der Waals surface area contributed by atoms with E-state index in [4.69, 9.17) is 16.3 Å². The largest absolute Gasteiger partial charge is 0.487 e. The van der Waals surface area contributed by atoms with Crippen molar-refractivity contribution in [1.82, 2.24) is 20.6 Å². The van der Waals surface area contributed by atoms with Crippen LogP contribution in [-0.2, 0) is 6.61 Å². The zero-order valence-electron chi connectivity index (χ0n) is 7.39. The highest BCUT2D eigenvalue weighted by Gasteiger charge is 2.02. The Morgan fingerprint density at radius 1 is 1.47 bits per heavy atom. The van der Waals surface area contributed by atoms with Gasteiger partial charge >= 0.3 is 0 Å². The van der Waals surface area contributed by atoms with Gasteiger partial charge in [-0.25, -0.2) is 4.39 Å². The van der Waals surface area contributed by atoms with Gasteiger partial charge in [0.1, 0.15) is 18.2 Å². The highest BCUT2D eigenvalue weighted by Crippen LogP contribution is 2.25. The van der Waals surface area contributed by atoms with Crippen LogP contribution in [0.25, 0.3) is 0 Å². The third-order valence-electron chi connectivity index (χ3n) is 1.61. The van der Waals surface area contributed by atoms with Gasteiger partial charge in [0.2, 0.25) is 0 Å². The molecular formula is C8H5ClFN4O-. The van der Waals surface area contributed by atoms with Gasteiger partial charge in [0, 0.05) is 5.82 Å². The standard InChI is InChI=1S/C8H5ClFN4O/c9-6-3-5(10)1-2-7(6)15-4-8-11-13-14-12-8/h1-3H,4H2/q-1. The molecule has 7 heteroatoms. The second-order valence-corrected chi connectivity index (χ2v) is 3.07. The quantitative estimate of drug-likeness (QED) is 0.789. The number of tetrazole rings is 1. The summed E-state index contributed by atoms with van der Waals surface area (Å²) in [5.74, 6) is 0.290. The molecule has 0 saturated heterocycles. The lowest BCUT2D eigenvalue weighted by molar-refractivity contribution is 0.295. The Balaban J connectivity index is 2.05. The summed E-state index contributed by atoms with van der Waals surface area (Å²) in [6, 6.07) is 3.85. The summed E-state index contributed by atoms with van der Waals surface area (Å²) in [4.78, 5) is 0. The van der Waals surface area contributed by atoms with Crippen LogP contribution in [0.4, 0.5) is 4.39 Å². The molecule has 1 aromatic heterocycles. The molecule has 0 N–H and O–H groups in total. The molecule has 15 heavy (non-hydrogen) atoms. The van der Waals surface area contributed by atoms with E-state index in [1.807, 2.05) is 0 Å². The molecule has 0 fully saturated rings. The SMILES string of the molecule is Fc1ccc(OCc2nnn[n-]2)c(Cl)c1. The van der Waals surface area contributed by atoms with Gasteiger partial charge in [-0.05, 0) is 18.2 Å². The lowest BCUT2D eigenvalue weighted by Crippen LogP contribution is -1.99. The van der Waals surface area contributed by atoms with E-state index in [9.17, 15) is 4.39 Å². The number of aromatic nitrogens is 4. The number of hydrogen-bond acceptors (Lipinski definition) is 4. The first-order chi connectivity index (χ1) is 7.25. The van der Waals surface area contributed by atoms with Gasteiger partial charge in [-0.15, -0.1) is 0 Å². The molecule has 2 rings (SSSR count). The lowest BCUT2D eigenvalue weighted by atomic mass is 10.3.